The second-order valence-electron chi connectivity index (χ2n) is 6.41. The topological polar surface area (TPSA) is 57.6 Å². The SMILES string of the molecule is O=C(O)c1ccc(C(=O)N2CCC(Cc3ccccc3F)CC2)cc1. The maximum absolute atomic E-state index is 13.8. The third-order valence-corrected chi connectivity index (χ3v) is 4.75. The fraction of sp³-hybridized carbons (Fsp3) is 0.300. The number of likely N-dealkylation sites (tertiary alicyclic amines) is 1. The predicted octanol–water partition coefficient (Wildman–Crippen LogP) is 3.62. The highest BCUT2D eigenvalue weighted by molar-refractivity contribution is 5.95. The summed E-state index contributed by atoms with van der Waals surface area (Å²) in [4.78, 5) is 25.2. The highest BCUT2D eigenvalue weighted by Crippen LogP contribution is 2.24. The zero-order valence-corrected chi connectivity index (χ0v) is 13.8. The molecule has 1 N–H and O–H groups in total. The van der Waals surface area contributed by atoms with Gasteiger partial charge in [-0.2, -0.15) is 0 Å². The predicted molar refractivity (Wildman–Crippen MR) is 92.1 cm³/mol. The first kappa shape index (κ1) is 17.1. The molecule has 1 fully saturated rings. The van der Waals surface area contributed by atoms with Gasteiger partial charge in [0.2, 0.25) is 0 Å². The fourth-order valence-electron chi connectivity index (χ4n) is 3.25. The number of rotatable bonds is 4. The Hall–Kier alpha value is -2.69. The van der Waals surface area contributed by atoms with E-state index in [-0.39, 0.29) is 17.3 Å². The summed E-state index contributed by atoms with van der Waals surface area (Å²) in [6.45, 7) is 1.28. The van der Waals surface area contributed by atoms with Gasteiger partial charge in [-0.3, -0.25) is 4.79 Å². The summed E-state index contributed by atoms with van der Waals surface area (Å²) in [6.07, 6.45) is 2.38. The lowest BCUT2D eigenvalue weighted by molar-refractivity contribution is 0.0679. The van der Waals surface area contributed by atoms with E-state index in [1.165, 1.54) is 18.2 Å². The summed E-state index contributed by atoms with van der Waals surface area (Å²) in [6, 6.07) is 12.8. The molecule has 0 bridgehead atoms. The van der Waals surface area contributed by atoms with E-state index < -0.39 is 5.97 Å². The van der Waals surface area contributed by atoms with Crippen molar-refractivity contribution >= 4 is 11.9 Å². The zero-order valence-electron chi connectivity index (χ0n) is 13.8. The Morgan fingerprint density at radius 2 is 1.60 bits per heavy atom. The summed E-state index contributed by atoms with van der Waals surface area (Å²) in [5, 5.41) is 8.91. The monoisotopic (exact) mass is 341 g/mol. The van der Waals surface area contributed by atoms with Gasteiger partial charge in [-0.15, -0.1) is 0 Å². The number of halogens is 1. The quantitative estimate of drug-likeness (QED) is 0.924. The third kappa shape index (κ3) is 4.05. The normalized spacial score (nSPS) is 15.2. The van der Waals surface area contributed by atoms with Crippen molar-refractivity contribution < 1.29 is 19.1 Å². The lowest BCUT2D eigenvalue weighted by atomic mass is 9.89. The molecule has 1 aliphatic rings. The zero-order chi connectivity index (χ0) is 17.8. The summed E-state index contributed by atoms with van der Waals surface area (Å²) in [5.41, 5.74) is 1.40. The number of carbonyl (C=O) groups is 2. The molecule has 3 rings (SSSR count). The molecule has 1 amide bonds. The molecular weight excluding hydrogens is 321 g/mol. The highest BCUT2D eigenvalue weighted by atomic mass is 19.1. The van der Waals surface area contributed by atoms with Crippen LogP contribution < -0.4 is 0 Å². The first-order valence-electron chi connectivity index (χ1n) is 8.40. The van der Waals surface area contributed by atoms with Crippen molar-refractivity contribution in [2.45, 2.75) is 19.3 Å². The number of nitrogens with zero attached hydrogens (tertiary/aromatic N) is 1. The molecule has 130 valence electrons. The number of piperidine rings is 1. The van der Waals surface area contributed by atoms with Crippen molar-refractivity contribution in [3.63, 3.8) is 0 Å². The van der Waals surface area contributed by atoms with Gasteiger partial charge in [0, 0.05) is 18.7 Å². The summed E-state index contributed by atoms with van der Waals surface area (Å²) in [7, 11) is 0. The van der Waals surface area contributed by atoms with Gasteiger partial charge >= 0.3 is 5.97 Å². The van der Waals surface area contributed by atoms with E-state index in [0.717, 1.165) is 18.4 Å². The van der Waals surface area contributed by atoms with Gasteiger partial charge in [0.25, 0.3) is 5.91 Å². The van der Waals surface area contributed by atoms with Crippen molar-refractivity contribution in [2.24, 2.45) is 5.92 Å². The molecular formula is C20H20FNO3. The number of hydrogen-bond acceptors (Lipinski definition) is 2. The minimum absolute atomic E-state index is 0.0821. The molecule has 0 saturated carbocycles. The van der Waals surface area contributed by atoms with Crippen LogP contribution in [0.3, 0.4) is 0 Å². The van der Waals surface area contributed by atoms with Crippen molar-refractivity contribution in [1.82, 2.24) is 4.90 Å². The minimum atomic E-state index is -1.01. The number of aromatic carboxylic acids is 1. The molecule has 0 aliphatic carbocycles. The van der Waals surface area contributed by atoms with Gasteiger partial charge in [-0.25, -0.2) is 9.18 Å². The van der Waals surface area contributed by atoms with E-state index in [2.05, 4.69) is 0 Å². The van der Waals surface area contributed by atoms with Crippen molar-refractivity contribution in [2.75, 3.05) is 13.1 Å². The van der Waals surface area contributed by atoms with Crippen LogP contribution in [-0.4, -0.2) is 35.0 Å². The van der Waals surface area contributed by atoms with Crippen LogP contribution in [0.15, 0.2) is 48.5 Å². The Bertz CT molecular complexity index is 765. The number of amides is 1. The average Bonchev–Trinajstić information content (AvgIpc) is 2.64. The van der Waals surface area contributed by atoms with Crippen LogP contribution in [0.4, 0.5) is 4.39 Å². The molecule has 0 spiro atoms. The summed E-state index contributed by atoms with van der Waals surface area (Å²) in [5.74, 6) is -0.885. The van der Waals surface area contributed by atoms with E-state index in [9.17, 15) is 14.0 Å². The van der Waals surface area contributed by atoms with Crippen LogP contribution in [0.1, 0.15) is 39.1 Å². The summed E-state index contributed by atoms with van der Waals surface area (Å²) < 4.78 is 13.8. The van der Waals surface area contributed by atoms with Crippen LogP contribution in [0.5, 0.6) is 0 Å². The van der Waals surface area contributed by atoms with Crippen LogP contribution in [-0.2, 0) is 6.42 Å². The second-order valence-corrected chi connectivity index (χ2v) is 6.41. The van der Waals surface area contributed by atoms with Gasteiger partial charge in [-0.05, 0) is 61.1 Å². The van der Waals surface area contributed by atoms with E-state index in [1.807, 2.05) is 12.1 Å². The number of hydrogen-bond donors (Lipinski definition) is 1. The largest absolute Gasteiger partial charge is 0.478 e. The average molecular weight is 341 g/mol. The van der Waals surface area contributed by atoms with Crippen LogP contribution in [0.2, 0.25) is 0 Å². The Kier molecular flexibility index (Phi) is 5.12. The standard InChI is InChI=1S/C20H20FNO3/c21-18-4-2-1-3-17(18)13-14-9-11-22(12-10-14)19(23)15-5-7-16(8-6-15)20(24)25/h1-8,14H,9-13H2,(H,24,25). The van der Waals surface area contributed by atoms with Crippen LogP contribution in [0, 0.1) is 11.7 Å². The van der Waals surface area contributed by atoms with E-state index in [0.29, 0.717) is 31.0 Å². The Balaban J connectivity index is 1.57. The van der Waals surface area contributed by atoms with E-state index in [4.69, 9.17) is 5.11 Å². The number of benzene rings is 2. The van der Waals surface area contributed by atoms with Gasteiger partial charge in [0.1, 0.15) is 5.82 Å². The Labute approximate surface area is 145 Å². The molecule has 1 aliphatic heterocycles. The first-order valence-corrected chi connectivity index (χ1v) is 8.40. The Morgan fingerprint density at radius 3 is 2.20 bits per heavy atom. The van der Waals surface area contributed by atoms with Crippen molar-refractivity contribution in [1.29, 1.82) is 0 Å². The molecule has 4 nitrogen and oxygen atoms in total. The maximum Gasteiger partial charge on any atom is 0.335 e. The van der Waals surface area contributed by atoms with Gasteiger partial charge < -0.3 is 10.0 Å². The number of carboxylic acids is 1. The number of carboxylic acid groups (broad SMARTS) is 1. The molecule has 1 heterocycles. The van der Waals surface area contributed by atoms with Gasteiger partial charge in [-0.1, -0.05) is 18.2 Å². The molecule has 2 aromatic rings. The maximum atomic E-state index is 13.8. The highest BCUT2D eigenvalue weighted by Gasteiger charge is 2.24. The molecule has 25 heavy (non-hydrogen) atoms. The van der Waals surface area contributed by atoms with Gasteiger partial charge in [0.05, 0.1) is 5.56 Å². The van der Waals surface area contributed by atoms with Crippen molar-refractivity contribution in [3.05, 3.63) is 71.0 Å². The van der Waals surface area contributed by atoms with Gasteiger partial charge in [0.15, 0.2) is 0 Å². The Morgan fingerprint density at radius 1 is 1.00 bits per heavy atom. The lowest BCUT2D eigenvalue weighted by Crippen LogP contribution is -2.39. The number of carbonyl (C=O) groups excluding carboxylic acids is 1. The molecule has 0 atom stereocenters. The van der Waals surface area contributed by atoms with E-state index in [1.54, 1.807) is 23.1 Å². The second kappa shape index (κ2) is 7.47. The molecule has 5 heteroatoms. The molecule has 0 aromatic heterocycles. The smallest absolute Gasteiger partial charge is 0.335 e. The first-order chi connectivity index (χ1) is 12.0. The van der Waals surface area contributed by atoms with Crippen LogP contribution in [0.25, 0.3) is 0 Å². The molecule has 2 aromatic carbocycles. The minimum Gasteiger partial charge on any atom is -0.478 e. The summed E-state index contributed by atoms with van der Waals surface area (Å²) >= 11 is 0. The van der Waals surface area contributed by atoms with Crippen LogP contribution >= 0.6 is 0 Å². The third-order valence-electron chi connectivity index (χ3n) is 4.75. The molecule has 1 saturated heterocycles. The van der Waals surface area contributed by atoms with E-state index >= 15 is 0 Å². The molecule has 0 radical (unpaired) electrons. The fourth-order valence-corrected chi connectivity index (χ4v) is 3.25. The lowest BCUT2D eigenvalue weighted by Gasteiger charge is -2.32. The van der Waals surface area contributed by atoms with Crippen molar-refractivity contribution in [3.8, 4) is 0 Å². The molecule has 0 unspecified atom stereocenters.